The molecule has 0 bridgehead atoms. The molecule has 1 aromatic rings. The van der Waals surface area contributed by atoms with Gasteiger partial charge in [-0.3, -0.25) is 4.99 Å². The summed E-state index contributed by atoms with van der Waals surface area (Å²) in [4.78, 5) is 4.23. The first kappa shape index (κ1) is 14.9. The van der Waals surface area contributed by atoms with Crippen LogP contribution in [0.15, 0.2) is 35.3 Å². The number of nitrogens with one attached hydrogen (secondary N) is 2. The minimum Gasteiger partial charge on any atom is -0.376 e. The van der Waals surface area contributed by atoms with Crippen LogP contribution in [-0.2, 0) is 11.2 Å². The van der Waals surface area contributed by atoms with E-state index in [1.165, 1.54) is 12.0 Å². The summed E-state index contributed by atoms with van der Waals surface area (Å²) in [5, 5.41) is 6.67. The van der Waals surface area contributed by atoms with Crippen LogP contribution in [0.5, 0.6) is 0 Å². The molecule has 1 fully saturated rings. The molecule has 0 spiro atoms. The van der Waals surface area contributed by atoms with E-state index in [1.54, 1.807) is 0 Å². The largest absolute Gasteiger partial charge is 0.376 e. The molecule has 4 heteroatoms. The fourth-order valence-electron chi connectivity index (χ4n) is 2.38. The third-order valence-corrected chi connectivity index (χ3v) is 3.52. The van der Waals surface area contributed by atoms with Gasteiger partial charge in [-0.05, 0) is 31.2 Å². The van der Waals surface area contributed by atoms with Crippen LogP contribution in [0.3, 0.4) is 0 Å². The summed E-state index contributed by atoms with van der Waals surface area (Å²) < 4.78 is 5.59. The van der Waals surface area contributed by atoms with Crippen molar-refractivity contribution in [3.8, 4) is 0 Å². The molecule has 1 aliphatic rings. The molecule has 1 aliphatic heterocycles. The first-order valence-electron chi connectivity index (χ1n) is 7.48. The number of benzene rings is 1. The minimum atomic E-state index is 0.345. The van der Waals surface area contributed by atoms with E-state index in [0.717, 1.165) is 44.9 Å². The Hall–Kier alpha value is -1.55. The van der Waals surface area contributed by atoms with Crippen molar-refractivity contribution in [1.29, 1.82) is 0 Å². The van der Waals surface area contributed by atoms with Crippen LogP contribution >= 0.6 is 0 Å². The molecule has 1 heterocycles. The van der Waals surface area contributed by atoms with Crippen molar-refractivity contribution in [2.75, 3.05) is 26.7 Å². The van der Waals surface area contributed by atoms with Crippen LogP contribution < -0.4 is 10.6 Å². The van der Waals surface area contributed by atoms with Gasteiger partial charge in [0.25, 0.3) is 0 Å². The first-order valence-corrected chi connectivity index (χ1v) is 7.48. The second-order valence-electron chi connectivity index (χ2n) is 5.10. The molecule has 0 amide bonds. The minimum absolute atomic E-state index is 0.345. The van der Waals surface area contributed by atoms with Crippen molar-refractivity contribution < 1.29 is 4.74 Å². The zero-order chi connectivity index (χ0) is 14.0. The van der Waals surface area contributed by atoms with Gasteiger partial charge in [-0.25, -0.2) is 0 Å². The van der Waals surface area contributed by atoms with Crippen LogP contribution in [0.25, 0.3) is 0 Å². The molecule has 110 valence electrons. The van der Waals surface area contributed by atoms with Crippen LogP contribution in [0.1, 0.15) is 24.8 Å². The van der Waals surface area contributed by atoms with Crippen molar-refractivity contribution in [3.05, 3.63) is 35.9 Å². The van der Waals surface area contributed by atoms with Gasteiger partial charge in [0.15, 0.2) is 5.96 Å². The summed E-state index contributed by atoms with van der Waals surface area (Å²) in [6, 6.07) is 10.6. The topological polar surface area (TPSA) is 45.7 Å². The molecular formula is C16H25N3O. The molecule has 2 rings (SSSR count). The third kappa shape index (κ3) is 5.21. The normalized spacial score (nSPS) is 19.1. The molecule has 1 saturated heterocycles. The molecule has 0 radical (unpaired) electrons. The lowest BCUT2D eigenvalue weighted by molar-refractivity contribution is 0.114. The summed E-state index contributed by atoms with van der Waals surface area (Å²) in [7, 11) is 1.81. The van der Waals surface area contributed by atoms with E-state index in [1.807, 2.05) is 7.05 Å². The van der Waals surface area contributed by atoms with Crippen LogP contribution in [-0.4, -0.2) is 38.8 Å². The highest BCUT2D eigenvalue weighted by atomic mass is 16.5. The van der Waals surface area contributed by atoms with Gasteiger partial charge in [0.1, 0.15) is 0 Å². The molecule has 1 atom stereocenters. The number of nitrogens with zero attached hydrogens (tertiary/aromatic N) is 1. The Balaban J connectivity index is 1.59. The summed E-state index contributed by atoms with van der Waals surface area (Å²) in [6.45, 7) is 2.67. The van der Waals surface area contributed by atoms with E-state index >= 15 is 0 Å². The predicted octanol–water partition coefficient (Wildman–Crippen LogP) is 1.96. The second kappa shape index (κ2) is 8.59. The van der Waals surface area contributed by atoms with E-state index < -0.39 is 0 Å². The van der Waals surface area contributed by atoms with Gasteiger partial charge in [0.2, 0.25) is 0 Å². The average molecular weight is 275 g/mol. The fourth-order valence-corrected chi connectivity index (χ4v) is 2.38. The summed E-state index contributed by atoms with van der Waals surface area (Å²) in [6.07, 6.45) is 4.87. The number of aliphatic imine (C=N–C) groups is 1. The molecule has 1 unspecified atom stereocenters. The summed E-state index contributed by atoms with van der Waals surface area (Å²) in [5.74, 6) is 0.869. The van der Waals surface area contributed by atoms with Gasteiger partial charge in [-0.1, -0.05) is 30.3 Å². The van der Waals surface area contributed by atoms with Crippen molar-refractivity contribution in [2.24, 2.45) is 4.99 Å². The number of aryl methyl sites for hydroxylation is 1. The van der Waals surface area contributed by atoms with Gasteiger partial charge >= 0.3 is 0 Å². The SMILES string of the molecule is CN=C(NCCCc1ccccc1)NCC1CCCO1. The molecule has 0 aromatic heterocycles. The molecule has 4 nitrogen and oxygen atoms in total. The van der Waals surface area contributed by atoms with Crippen LogP contribution in [0, 0.1) is 0 Å². The predicted molar refractivity (Wildman–Crippen MR) is 83.1 cm³/mol. The highest BCUT2D eigenvalue weighted by Crippen LogP contribution is 2.10. The molecular weight excluding hydrogens is 250 g/mol. The van der Waals surface area contributed by atoms with Crippen molar-refractivity contribution >= 4 is 5.96 Å². The van der Waals surface area contributed by atoms with Gasteiger partial charge in [0, 0.05) is 26.7 Å². The highest BCUT2D eigenvalue weighted by Gasteiger charge is 2.15. The molecule has 0 saturated carbocycles. The Morgan fingerprint density at radius 3 is 2.85 bits per heavy atom. The van der Waals surface area contributed by atoms with Crippen molar-refractivity contribution in [2.45, 2.75) is 31.8 Å². The van der Waals surface area contributed by atoms with E-state index in [0.29, 0.717) is 6.10 Å². The maximum absolute atomic E-state index is 5.59. The van der Waals surface area contributed by atoms with E-state index in [4.69, 9.17) is 4.74 Å². The number of guanidine groups is 1. The maximum Gasteiger partial charge on any atom is 0.191 e. The number of rotatable bonds is 6. The van der Waals surface area contributed by atoms with Crippen LogP contribution in [0.4, 0.5) is 0 Å². The standard InChI is InChI=1S/C16H25N3O/c1-17-16(19-13-15-10-6-12-20-15)18-11-5-9-14-7-3-2-4-8-14/h2-4,7-8,15H,5-6,9-13H2,1H3,(H2,17,18,19). The lowest BCUT2D eigenvalue weighted by atomic mass is 10.1. The molecule has 0 aliphatic carbocycles. The van der Waals surface area contributed by atoms with Crippen LogP contribution in [0.2, 0.25) is 0 Å². The maximum atomic E-state index is 5.59. The van der Waals surface area contributed by atoms with Gasteiger partial charge in [-0.15, -0.1) is 0 Å². The summed E-state index contributed by atoms with van der Waals surface area (Å²) in [5.41, 5.74) is 1.39. The lowest BCUT2D eigenvalue weighted by Gasteiger charge is -2.15. The Labute approximate surface area is 121 Å². The number of ether oxygens (including phenoxy) is 1. The lowest BCUT2D eigenvalue weighted by Crippen LogP contribution is -2.41. The van der Waals surface area contributed by atoms with Gasteiger partial charge < -0.3 is 15.4 Å². The van der Waals surface area contributed by atoms with Crippen molar-refractivity contribution in [3.63, 3.8) is 0 Å². The monoisotopic (exact) mass is 275 g/mol. The quantitative estimate of drug-likeness (QED) is 0.474. The molecule has 1 aromatic carbocycles. The Bertz CT molecular complexity index is 399. The highest BCUT2D eigenvalue weighted by molar-refractivity contribution is 5.79. The third-order valence-electron chi connectivity index (χ3n) is 3.52. The smallest absolute Gasteiger partial charge is 0.191 e. The zero-order valence-corrected chi connectivity index (χ0v) is 12.3. The van der Waals surface area contributed by atoms with E-state index in [-0.39, 0.29) is 0 Å². The molecule has 2 N–H and O–H groups in total. The summed E-state index contributed by atoms with van der Waals surface area (Å²) >= 11 is 0. The zero-order valence-electron chi connectivity index (χ0n) is 12.3. The Kier molecular flexibility index (Phi) is 6.38. The number of hydrogen-bond donors (Lipinski definition) is 2. The number of hydrogen-bond acceptors (Lipinski definition) is 2. The average Bonchev–Trinajstić information content (AvgIpc) is 3.01. The molecule has 20 heavy (non-hydrogen) atoms. The van der Waals surface area contributed by atoms with E-state index in [9.17, 15) is 0 Å². The Morgan fingerprint density at radius 2 is 2.15 bits per heavy atom. The first-order chi connectivity index (χ1) is 9.88. The van der Waals surface area contributed by atoms with Gasteiger partial charge in [0.05, 0.1) is 6.10 Å². The second-order valence-corrected chi connectivity index (χ2v) is 5.10. The van der Waals surface area contributed by atoms with Crippen molar-refractivity contribution in [1.82, 2.24) is 10.6 Å². The fraction of sp³-hybridized carbons (Fsp3) is 0.562. The Morgan fingerprint density at radius 1 is 1.30 bits per heavy atom. The van der Waals surface area contributed by atoms with E-state index in [2.05, 4.69) is 46.0 Å². The van der Waals surface area contributed by atoms with Gasteiger partial charge in [-0.2, -0.15) is 0 Å².